The summed E-state index contributed by atoms with van der Waals surface area (Å²) in [6, 6.07) is -0.905. The van der Waals surface area contributed by atoms with Crippen molar-refractivity contribution in [3.8, 4) is 0 Å². The largest absolute Gasteiger partial charge is 0.756 e. The number of hydrogen-bond donors (Lipinski definition) is 1. The van der Waals surface area contributed by atoms with Crippen molar-refractivity contribution in [3.05, 3.63) is 36.5 Å². The number of likely N-dealkylation sites (N-methyl/N-ethyl adjacent to an activating group) is 1. The molecule has 0 bridgehead atoms. The summed E-state index contributed by atoms with van der Waals surface area (Å²) >= 11 is 0. The van der Waals surface area contributed by atoms with E-state index in [1.54, 1.807) is 0 Å². The lowest BCUT2D eigenvalue weighted by Crippen LogP contribution is -2.47. The number of hydrogen-bond acceptors (Lipinski definition) is 7. The maximum Gasteiger partial charge on any atom is 0.306 e. The average Bonchev–Trinajstić information content (AvgIpc) is 3.29. The number of nitrogens with zero attached hydrogens (tertiary/aromatic N) is 1. The van der Waals surface area contributed by atoms with E-state index in [4.69, 9.17) is 13.8 Å². The summed E-state index contributed by atoms with van der Waals surface area (Å²) in [4.78, 5) is 39.8. The van der Waals surface area contributed by atoms with Crippen molar-refractivity contribution >= 4 is 19.7 Å². The van der Waals surface area contributed by atoms with Crippen LogP contribution in [-0.4, -0.2) is 69.4 Å². The van der Waals surface area contributed by atoms with Crippen LogP contribution in [0.5, 0.6) is 0 Å². The zero-order valence-corrected chi connectivity index (χ0v) is 46.5. The highest BCUT2D eigenvalue weighted by Gasteiger charge is 2.27. The number of carbonyl (C=O) groups is 2. The molecule has 0 fully saturated rings. The van der Waals surface area contributed by atoms with E-state index in [1.807, 2.05) is 39.4 Å². The average molecular weight is 980 g/mol. The molecule has 3 unspecified atom stereocenters. The number of esters is 1. The van der Waals surface area contributed by atoms with Crippen molar-refractivity contribution in [1.29, 1.82) is 0 Å². The Balaban J connectivity index is 5.37. The van der Waals surface area contributed by atoms with Gasteiger partial charge in [0.1, 0.15) is 19.3 Å². The molecule has 0 heterocycles. The number of quaternary nitrogens is 1. The van der Waals surface area contributed by atoms with E-state index in [2.05, 4.69) is 44.3 Å². The van der Waals surface area contributed by atoms with Crippen LogP contribution in [0.1, 0.15) is 271 Å². The van der Waals surface area contributed by atoms with E-state index in [0.717, 1.165) is 51.4 Å². The van der Waals surface area contributed by atoms with E-state index >= 15 is 0 Å². The number of carbonyl (C=O) groups excluding carboxylic acids is 2. The number of allylic oxidation sites excluding steroid dienone is 5. The number of unbranched alkanes of at least 4 members (excludes halogenated alkanes) is 32. The molecule has 0 rings (SSSR count). The van der Waals surface area contributed by atoms with Gasteiger partial charge in [-0.2, -0.15) is 0 Å². The summed E-state index contributed by atoms with van der Waals surface area (Å²) in [5, 5.41) is 3.01. The van der Waals surface area contributed by atoms with Crippen LogP contribution in [-0.2, 0) is 27.9 Å². The van der Waals surface area contributed by atoms with Gasteiger partial charge in [0.25, 0.3) is 7.82 Å². The molecular formula is C58H111N2O7P. The Morgan fingerprint density at radius 1 is 0.515 bits per heavy atom. The van der Waals surface area contributed by atoms with Crippen molar-refractivity contribution in [2.24, 2.45) is 0 Å². The lowest BCUT2D eigenvalue weighted by molar-refractivity contribution is -0.870. The maximum absolute atomic E-state index is 13.5. The van der Waals surface area contributed by atoms with E-state index in [-0.39, 0.29) is 18.9 Å². The minimum atomic E-state index is -4.70. The summed E-state index contributed by atoms with van der Waals surface area (Å²) in [5.74, 6) is -0.610. The lowest BCUT2D eigenvalue weighted by Gasteiger charge is -2.30. The number of phosphoric acid groups is 1. The first-order valence-electron chi connectivity index (χ1n) is 28.8. The van der Waals surface area contributed by atoms with Crippen LogP contribution in [0.3, 0.4) is 0 Å². The van der Waals surface area contributed by atoms with Crippen molar-refractivity contribution in [2.75, 3.05) is 40.9 Å². The summed E-state index contributed by atoms with van der Waals surface area (Å²) in [6.45, 7) is 6.81. The third-order valence-corrected chi connectivity index (χ3v) is 13.8. The van der Waals surface area contributed by atoms with Gasteiger partial charge in [-0.25, -0.2) is 0 Å². The van der Waals surface area contributed by atoms with Gasteiger partial charge in [0.05, 0.1) is 33.8 Å². The van der Waals surface area contributed by atoms with Crippen molar-refractivity contribution in [2.45, 2.75) is 283 Å². The molecule has 0 aliphatic heterocycles. The van der Waals surface area contributed by atoms with Gasteiger partial charge in [0.2, 0.25) is 5.91 Å². The highest BCUT2D eigenvalue weighted by molar-refractivity contribution is 7.45. The molecule has 0 saturated heterocycles. The first-order valence-corrected chi connectivity index (χ1v) is 30.3. The molecule has 0 radical (unpaired) electrons. The third kappa shape index (κ3) is 49.2. The normalized spacial score (nSPS) is 14.0. The minimum Gasteiger partial charge on any atom is -0.756 e. The molecule has 0 aliphatic carbocycles. The molecule has 68 heavy (non-hydrogen) atoms. The molecule has 1 N–H and O–H groups in total. The van der Waals surface area contributed by atoms with Crippen LogP contribution >= 0.6 is 7.82 Å². The second-order valence-electron chi connectivity index (χ2n) is 20.8. The standard InChI is InChI=1S/C58H111N2O7P/c1-7-10-13-16-19-22-25-28-29-30-31-33-35-38-41-44-47-50-57(61)59-55(54-66-68(63,64)65-53-52-60(4,5)6)56(49-46-43-40-37-34-27-24-21-18-15-12-9-3)67-58(62)51-48-45-42-39-36-32-26-23-20-17-14-11-8-2/h32,36,42,45-46,49,55-56H,7-31,33-35,37-41,43-44,47-48,50-54H2,1-6H3,(H-,59,61,63,64)/b36-32-,45-42+,49-46+. The lowest BCUT2D eigenvalue weighted by atomic mass is 10.0. The minimum absolute atomic E-state index is 0.0276. The second-order valence-corrected chi connectivity index (χ2v) is 22.2. The molecule has 0 aromatic heterocycles. The summed E-state index contributed by atoms with van der Waals surface area (Å²) < 4.78 is 30.1. The highest BCUT2D eigenvalue weighted by Crippen LogP contribution is 2.38. The van der Waals surface area contributed by atoms with Gasteiger partial charge in [-0.05, 0) is 51.0 Å². The molecule has 0 spiro atoms. The van der Waals surface area contributed by atoms with Gasteiger partial charge in [-0.15, -0.1) is 0 Å². The Morgan fingerprint density at radius 2 is 0.912 bits per heavy atom. The SMILES string of the molecule is CCCCCCCC/C=C\C/C=C/CCC(=O)OC(/C=C/CCCCCCCCCCCC)C(COP(=O)([O-])OCC[N+](C)(C)C)NC(=O)CCCCCCCCCCCCCCCCCCC. The summed E-state index contributed by atoms with van der Waals surface area (Å²) in [6.07, 6.45) is 56.9. The van der Waals surface area contributed by atoms with Crippen LogP contribution in [0.15, 0.2) is 36.5 Å². The van der Waals surface area contributed by atoms with Crippen molar-refractivity contribution in [3.63, 3.8) is 0 Å². The maximum atomic E-state index is 13.5. The number of amides is 1. The Hall–Kier alpha value is -1.77. The fourth-order valence-electron chi connectivity index (χ4n) is 8.34. The van der Waals surface area contributed by atoms with Crippen LogP contribution in [0.2, 0.25) is 0 Å². The molecule has 0 aliphatic rings. The Morgan fingerprint density at radius 3 is 1.35 bits per heavy atom. The number of nitrogens with one attached hydrogen (secondary N) is 1. The first-order chi connectivity index (χ1) is 32.9. The number of phosphoric ester groups is 1. The van der Waals surface area contributed by atoms with Crippen LogP contribution < -0.4 is 10.2 Å². The summed E-state index contributed by atoms with van der Waals surface area (Å²) in [5.41, 5.74) is 0. The topological polar surface area (TPSA) is 114 Å². The first kappa shape index (κ1) is 66.2. The van der Waals surface area contributed by atoms with Gasteiger partial charge >= 0.3 is 5.97 Å². The quantitative estimate of drug-likeness (QED) is 0.0212. The fraction of sp³-hybridized carbons (Fsp3) is 0.862. The molecule has 0 saturated carbocycles. The Bertz CT molecular complexity index is 1270. The van der Waals surface area contributed by atoms with Gasteiger partial charge < -0.3 is 28.5 Å². The van der Waals surface area contributed by atoms with E-state index in [9.17, 15) is 19.0 Å². The molecule has 9 nitrogen and oxygen atoms in total. The monoisotopic (exact) mass is 979 g/mol. The zero-order valence-electron chi connectivity index (χ0n) is 45.6. The van der Waals surface area contributed by atoms with E-state index < -0.39 is 32.5 Å². The molecule has 10 heteroatoms. The predicted octanol–water partition coefficient (Wildman–Crippen LogP) is 16.5. The second kappa shape index (κ2) is 48.8. The van der Waals surface area contributed by atoms with E-state index in [1.165, 1.54) is 180 Å². The molecule has 3 atom stereocenters. The summed E-state index contributed by atoms with van der Waals surface area (Å²) in [7, 11) is 1.17. The smallest absolute Gasteiger partial charge is 0.306 e. The molecule has 1 amide bonds. The molecular weight excluding hydrogens is 868 g/mol. The van der Waals surface area contributed by atoms with Crippen LogP contribution in [0.4, 0.5) is 0 Å². The van der Waals surface area contributed by atoms with Gasteiger partial charge in [0.15, 0.2) is 0 Å². The number of rotatable bonds is 52. The van der Waals surface area contributed by atoms with Crippen molar-refractivity contribution < 1.29 is 37.3 Å². The highest BCUT2D eigenvalue weighted by atomic mass is 31.2. The Kier molecular flexibility index (Phi) is 47.6. The zero-order chi connectivity index (χ0) is 50.1. The predicted molar refractivity (Wildman–Crippen MR) is 289 cm³/mol. The molecule has 400 valence electrons. The van der Waals surface area contributed by atoms with Gasteiger partial charge in [-0.1, -0.05) is 244 Å². The number of ether oxygens (including phenoxy) is 1. The fourth-order valence-corrected chi connectivity index (χ4v) is 9.06. The van der Waals surface area contributed by atoms with Crippen LogP contribution in [0, 0.1) is 0 Å². The van der Waals surface area contributed by atoms with Gasteiger partial charge in [0, 0.05) is 12.8 Å². The molecule has 0 aromatic rings. The van der Waals surface area contributed by atoms with Crippen LogP contribution in [0.25, 0.3) is 0 Å². The van der Waals surface area contributed by atoms with E-state index in [0.29, 0.717) is 23.9 Å². The van der Waals surface area contributed by atoms with Gasteiger partial charge in [-0.3, -0.25) is 14.2 Å². The molecule has 0 aromatic carbocycles. The Labute approximate surface area is 421 Å². The third-order valence-electron chi connectivity index (χ3n) is 12.8. The van der Waals surface area contributed by atoms with Crippen molar-refractivity contribution in [1.82, 2.24) is 5.32 Å².